The third-order valence-electron chi connectivity index (χ3n) is 2.49. The summed E-state index contributed by atoms with van der Waals surface area (Å²) < 4.78 is 27.2. The SMILES string of the molecule is C[C@@H](O)c1ccc(Sc2ccccc2F)c(F)c1. The van der Waals surface area contributed by atoms with Gasteiger partial charge in [-0.1, -0.05) is 30.0 Å². The molecule has 0 heterocycles. The molecule has 0 aliphatic heterocycles. The Morgan fingerprint density at radius 1 is 1.00 bits per heavy atom. The quantitative estimate of drug-likeness (QED) is 0.899. The summed E-state index contributed by atoms with van der Waals surface area (Å²) in [4.78, 5) is 0.714. The van der Waals surface area contributed by atoms with Crippen molar-refractivity contribution in [2.45, 2.75) is 22.8 Å². The van der Waals surface area contributed by atoms with Crippen molar-refractivity contribution in [3.05, 3.63) is 59.7 Å². The minimum atomic E-state index is -0.716. The van der Waals surface area contributed by atoms with E-state index in [4.69, 9.17) is 0 Å². The lowest BCUT2D eigenvalue weighted by Crippen LogP contribution is -1.93. The van der Waals surface area contributed by atoms with Gasteiger partial charge in [0.2, 0.25) is 0 Å². The third kappa shape index (κ3) is 2.89. The van der Waals surface area contributed by atoms with Crippen molar-refractivity contribution < 1.29 is 13.9 Å². The number of rotatable bonds is 3. The Labute approximate surface area is 108 Å². The molecule has 0 bridgehead atoms. The summed E-state index contributed by atoms with van der Waals surface area (Å²) in [5.74, 6) is -0.830. The number of hydrogen-bond donors (Lipinski definition) is 1. The summed E-state index contributed by atoms with van der Waals surface area (Å²) in [5.41, 5.74) is 0.505. The molecule has 1 atom stereocenters. The molecule has 0 saturated heterocycles. The van der Waals surface area contributed by atoms with Gasteiger partial charge in [-0.15, -0.1) is 0 Å². The van der Waals surface area contributed by atoms with E-state index in [1.807, 2.05) is 0 Å². The van der Waals surface area contributed by atoms with Crippen molar-refractivity contribution in [1.29, 1.82) is 0 Å². The highest BCUT2D eigenvalue weighted by atomic mass is 32.2. The molecule has 0 unspecified atom stereocenters. The van der Waals surface area contributed by atoms with Crippen LogP contribution < -0.4 is 0 Å². The topological polar surface area (TPSA) is 20.2 Å². The van der Waals surface area contributed by atoms with Crippen LogP contribution in [0.15, 0.2) is 52.3 Å². The molecule has 0 saturated carbocycles. The van der Waals surface area contributed by atoms with E-state index in [1.54, 1.807) is 37.3 Å². The molecule has 2 aromatic rings. The molecule has 4 heteroatoms. The van der Waals surface area contributed by atoms with Crippen molar-refractivity contribution in [2.75, 3.05) is 0 Å². The first-order valence-electron chi connectivity index (χ1n) is 5.48. The van der Waals surface area contributed by atoms with Crippen LogP contribution in [0.4, 0.5) is 8.78 Å². The first-order valence-corrected chi connectivity index (χ1v) is 6.29. The van der Waals surface area contributed by atoms with Gasteiger partial charge in [0.1, 0.15) is 11.6 Å². The van der Waals surface area contributed by atoms with Crippen LogP contribution in [0, 0.1) is 11.6 Å². The summed E-state index contributed by atoms with van der Waals surface area (Å²) in [6.45, 7) is 1.57. The predicted octanol–water partition coefficient (Wildman–Crippen LogP) is 4.17. The predicted molar refractivity (Wildman–Crippen MR) is 67.6 cm³/mol. The normalized spacial score (nSPS) is 12.4. The van der Waals surface area contributed by atoms with Crippen molar-refractivity contribution in [1.82, 2.24) is 0 Å². The highest BCUT2D eigenvalue weighted by Crippen LogP contribution is 2.32. The zero-order valence-corrected chi connectivity index (χ0v) is 10.5. The number of benzene rings is 2. The minimum absolute atomic E-state index is 0.338. The highest BCUT2D eigenvalue weighted by Gasteiger charge is 2.10. The third-order valence-corrected chi connectivity index (χ3v) is 3.60. The molecular formula is C14H12F2OS. The van der Waals surface area contributed by atoms with Gasteiger partial charge in [-0.25, -0.2) is 8.78 Å². The van der Waals surface area contributed by atoms with Crippen LogP contribution >= 0.6 is 11.8 Å². The molecule has 0 aromatic heterocycles. The maximum Gasteiger partial charge on any atom is 0.137 e. The number of aliphatic hydroxyl groups excluding tert-OH is 1. The van der Waals surface area contributed by atoms with E-state index in [-0.39, 0.29) is 5.82 Å². The Morgan fingerprint density at radius 3 is 2.28 bits per heavy atom. The van der Waals surface area contributed by atoms with Gasteiger partial charge in [0, 0.05) is 9.79 Å². The maximum atomic E-state index is 13.8. The number of halogens is 2. The van der Waals surface area contributed by atoms with Gasteiger partial charge in [0.15, 0.2) is 0 Å². The van der Waals surface area contributed by atoms with Gasteiger partial charge in [0.05, 0.1) is 6.10 Å². The Bertz CT molecular complexity index is 555. The van der Waals surface area contributed by atoms with Crippen LogP contribution in [-0.4, -0.2) is 5.11 Å². The van der Waals surface area contributed by atoms with Gasteiger partial charge in [-0.2, -0.15) is 0 Å². The molecule has 2 aromatic carbocycles. The molecule has 0 amide bonds. The summed E-state index contributed by atoms with van der Waals surface area (Å²) in [7, 11) is 0. The fraction of sp³-hybridized carbons (Fsp3) is 0.143. The Morgan fingerprint density at radius 2 is 1.67 bits per heavy atom. The van der Waals surface area contributed by atoms with Crippen LogP contribution in [-0.2, 0) is 0 Å². The second-order valence-corrected chi connectivity index (χ2v) is 4.98. The van der Waals surface area contributed by atoms with Gasteiger partial charge in [-0.05, 0) is 36.8 Å². The molecular weight excluding hydrogens is 254 g/mol. The summed E-state index contributed by atoms with van der Waals surface area (Å²) in [6.07, 6.45) is -0.716. The largest absolute Gasteiger partial charge is 0.389 e. The lowest BCUT2D eigenvalue weighted by atomic mass is 10.1. The van der Waals surface area contributed by atoms with Gasteiger partial charge in [-0.3, -0.25) is 0 Å². The smallest absolute Gasteiger partial charge is 0.137 e. The summed E-state index contributed by atoms with van der Waals surface area (Å²) in [6, 6.07) is 10.7. The van der Waals surface area contributed by atoms with E-state index in [0.29, 0.717) is 15.4 Å². The first-order chi connectivity index (χ1) is 8.58. The van der Waals surface area contributed by atoms with E-state index in [0.717, 1.165) is 11.8 Å². The first kappa shape index (κ1) is 13.1. The maximum absolute atomic E-state index is 13.8. The molecule has 94 valence electrons. The molecule has 1 N–H and O–H groups in total. The molecule has 2 rings (SSSR count). The lowest BCUT2D eigenvalue weighted by molar-refractivity contribution is 0.198. The van der Waals surface area contributed by atoms with Crippen LogP contribution in [0.25, 0.3) is 0 Å². The van der Waals surface area contributed by atoms with E-state index in [1.165, 1.54) is 12.1 Å². The van der Waals surface area contributed by atoms with Gasteiger partial charge >= 0.3 is 0 Å². The Balaban J connectivity index is 2.28. The van der Waals surface area contributed by atoms with Crippen LogP contribution in [0.3, 0.4) is 0 Å². The zero-order chi connectivity index (χ0) is 13.1. The second-order valence-electron chi connectivity index (χ2n) is 3.90. The van der Waals surface area contributed by atoms with Crippen molar-refractivity contribution in [3.63, 3.8) is 0 Å². The number of aliphatic hydroxyl groups is 1. The van der Waals surface area contributed by atoms with E-state index in [2.05, 4.69) is 0 Å². The lowest BCUT2D eigenvalue weighted by Gasteiger charge is -2.08. The van der Waals surface area contributed by atoms with Crippen molar-refractivity contribution >= 4 is 11.8 Å². The zero-order valence-electron chi connectivity index (χ0n) is 9.73. The summed E-state index contributed by atoms with van der Waals surface area (Å²) >= 11 is 1.03. The van der Waals surface area contributed by atoms with Crippen LogP contribution in [0.1, 0.15) is 18.6 Å². The number of hydrogen-bond acceptors (Lipinski definition) is 2. The standard InChI is InChI=1S/C14H12F2OS/c1-9(17)10-6-7-14(12(16)8-10)18-13-5-3-2-4-11(13)15/h2-9,17H,1H3/t9-/m1/s1. The molecule has 0 spiro atoms. The van der Waals surface area contributed by atoms with Crippen LogP contribution in [0.5, 0.6) is 0 Å². The van der Waals surface area contributed by atoms with Crippen molar-refractivity contribution in [2.24, 2.45) is 0 Å². The van der Waals surface area contributed by atoms with Crippen LogP contribution in [0.2, 0.25) is 0 Å². The fourth-order valence-electron chi connectivity index (χ4n) is 1.51. The van der Waals surface area contributed by atoms with E-state index >= 15 is 0 Å². The van der Waals surface area contributed by atoms with Gasteiger partial charge in [0.25, 0.3) is 0 Å². The molecule has 0 radical (unpaired) electrons. The average Bonchev–Trinajstić information content (AvgIpc) is 2.34. The Kier molecular flexibility index (Phi) is 3.99. The second kappa shape index (κ2) is 5.50. The molecule has 0 aliphatic carbocycles. The minimum Gasteiger partial charge on any atom is -0.389 e. The fourth-order valence-corrected chi connectivity index (χ4v) is 2.35. The Hall–Kier alpha value is -1.39. The molecule has 1 nitrogen and oxygen atoms in total. The molecule has 0 fully saturated rings. The van der Waals surface area contributed by atoms with Crippen molar-refractivity contribution in [3.8, 4) is 0 Å². The van der Waals surface area contributed by atoms with Gasteiger partial charge < -0.3 is 5.11 Å². The van der Waals surface area contributed by atoms with E-state index < -0.39 is 11.9 Å². The average molecular weight is 266 g/mol. The highest BCUT2D eigenvalue weighted by molar-refractivity contribution is 7.99. The molecule has 18 heavy (non-hydrogen) atoms. The van der Waals surface area contributed by atoms with E-state index in [9.17, 15) is 13.9 Å². The summed E-state index contributed by atoms with van der Waals surface area (Å²) in [5, 5.41) is 9.34. The molecule has 0 aliphatic rings. The monoisotopic (exact) mass is 266 g/mol.